The Morgan fingerprint density at radius 2 is 2.15 bits per heavy atom. The summed E-state index contributed by atoms with van der Waals surface area (Å²) in [5.74, 6) is 0.395. The van der Waals surface area contributed by atoms with Crippen LogP contribution in [-0.2, 0) is 16.1 Å². The summed E-state index contributed by atoms with van der Waals surface area (Å²) in [5.41, 5.74) is 0. The molecule has 6 heteroatoms. The second kappa shape index (κ2) is 5.26. The Kier molecular flexibility index (Phi) is 3.46. The molecule has 20 heavy (non-hydrogen) atoms. The molecule has 2 atom stereocenters. The molecule has 108 valence electrons. The standard InChI is InChI=1S/C14H20N4O2/c1-10-9-12(19)16-13(11-3-4-11)14(20)18(10)8-7-17-6-2-5-15-17/h2,5-6,10-11,13H,3-4,7-9H2,1H3,(H,16,19). The Hall–Kier alpha value is -1.85. The molecule has 0 aromatic carbocycles. The van der Waals surface area contributed by atoms with Crippen LogP contribution in [0.4, 0.5) is 0 Å². The molecule has 1 N–H and O–H groups in total. The molecule has 2 heterocycles. The third-order valence-electron chi connectivity index (χ3n) is 4.10. The zero-order valence-corrected chi connectivity index (χ0v) is 11.7. The Balaban J connectivity index is 1.71. The van der Waals surface area contributed by atoms with Crippen molar-refractivity contribution in [1.82, 2.24) is 20.0 Å². The van der Waals surface area contributed by atoms with E-state index in [-0.39, 0.29) is 23.9 Å². The maximum Gasteiger partial charge on any atom is 0.245 e. The van der Waals surface area contributed by atoms with Crippen LogP contribution in [-0.4, -0.2) is 45.1 Å². The molecule has 2 fully saturated rings. The largest absolute Gasteiger partial charge is 0.344 e. The minimum Gasteiger partial charge on any atom is -0.344 e. The van der Waals surface area contributed by atoms with Gasteiger partial charge in [0.25, 0.3) is 0 Å². The van der Waals surface area contributed by atoms with Gasteiger partial charge >= 0.3 is 0 Å². The highest BCUT2D eigenvalue weighted by atomic mass is 16.2. The number of hydrogen-bond acceptors (Lipinski definition) is 3. The first kappa shape index (κ1) is 13.1. The van der Waals surface area contributed by atoms with Crippen LogP contribution >= 0.6 is 0 Å². The Bertz CT molecular complexity index is 495. The van der Waals surface area contributed by atoms with Crippen LogP contribution in [0.15, 0.2) is 18.5 Å². The fraction of sp³-hybridized carbons (Fsp3) is 0.643. The van der Waals surface area contributed by atoms with E-state index in [1.54, 1.807) is 6.20 Å². The normalized spacial score (nSPS) is 27.4. The lowest BCUT2D eigenvalue weighted by Gasteiger charge is -2.28. The van der Waals surface area contributed by atoms with Gasteiger partial charge in [-0.3, -0.25) is 14.3 Å². The van der Waals surface area contributed by atoms with E-state index in [9.17, 15) is 9.59 Å². The van der Waals surface area contributed by atoms with Gasteiger partial charge in [-0.25, -0.2) is 0 Å². The van der Waals surface area contributed by atoms with E-state index in [1.807, 2.05) is 28.8 Å². The molecule has 6 nitrogen and oxygen atoms in total. The molecule has 3 rings (SSSR count). The third-order valence-corrected chi connectivity index (χ3v) is 4.10. The van der Waals surface area contributed by atoms with Crippen LogP contribution in [0.25, 0.3) is 0 Å². The topological polar surface area (TPSA) is 67.2 Å². The molecule has 1 aromatic rings. The van der Waals surface area contributed by atoms with Crippen molar-refractivity contribution in [2.45, 2.75) is 44.8 Å². The number of carbonyl (C=O) groups is 2. The summed E-state index contributed by atoms with van der Waals surface area (Å²) >= 11 is 0. The van der Waals surface area contributed by atoms with Crippen molar-refractivity contribution < 1.29 is 9.59 Å². The van der Waals surface area contributed by atoms with Crippen molar-refractivity contribution in [3.05, 3.63) is 18.5 Å². The first-order valence-corrected chi connectivity index (χ1v) is 7.22. The van der Waals surface area contributed by atoms with Gasteiger partial charge in [-0.1, -0.05) is 0 Å². The minimum atomic E-state index is -0.315. The summed E-state index contributed by atoms with van der Waals surface area (Å²) in [7, 11) is 0. The lowest BCUT2D eigenvalue weighted by Crippen LogP contribution is -2.48. The molecule has 2 amide bonds. The first-order valence-electron chi connectivity index (χ1n) is 7.22. The van der Waals surface area contributed by atoms with Crippen LogP contribution in [0, 0.1) is 5.92 Å². The summed E-state index contributed by atoms with van der Waals surface area (Å²) in [6, 6.07) is 1.50. The zero-order chi connectivity index (χ0) is 14.1. The maximum atomic E-state index is 12.6. The van der Waals surface area contributed by atoms with Crippen molar-refractivity contribution in [1.29, 1.82) is 0 Å². The van der Waals surface area contributed by atoms with Crippen LogP contribution in [0.1, 0.15) is 26.2 Å². The number of hydrogen-bond donors (Lipinski definition) is 1. The summed E-state index contributed by atoms with van der Waals surface area (Å²) < 4.78 is 1.81. The van der Waals surface area contributed by atoms with Gasteiger partial charge in [0, 0.05) is 31.4 Å². The van der Waals surface area contributed by atoms with Crippen molar-refractivity contribution >= 4 is 11.8 Å². The Morgan fingerprint density at radius 1 is 1.35 bits per heavy atom. The molecule has 2 unspecified atom stereocenters. The molecule has 1 aliphatic heterocycles. The molecular formula is C14H20N4O2. The maximum absolute atomic E-state index is 12.6. The van der Waals surface area contributed by atoms with E-state index in [2.05, 4.69) is 10.4 Å². The summed E-state index contributed by atoms with van der Waals surface area (Å²) in [6.07, 6.45) is 6.07. The average molecular weight is 276 g/mol. The first-order chi connectivity index (χ1) is 9.65. The zero-order valence-electron chi connectivity index (χ0n) is 11.7. The number of carbonyl (C=O) groups excluding carboxylic acids is 2. The van der Waals surface area contributed by atoms with Gasteiger partial charge < -0.3 is 10.2 Å². The van der Waals surface area contributed by atoms with Crippen molar-refractivity contribution in [2.24, 2.45) is 5.92 Å². The molecule has 1 saturated heterocycles. The van der Waals surface area contributed by atoms with Gasteiger partial charge in [-0.15, -0.1) is 0 Å². The van der Waals surface area contributed by atoms with Gasteiger partial charge in [0.15, 0.2) is 0 Å². The molecule has 1 saturated carbocycles. The number of nitrogens with zero attached hydrogens (tertiary/aromatic N) is 3. The van der Waals surface area contributed by atoms with Crippen LogP contribution in [0.2, 0.25) is 0 Å². The van der Waals surface area contributed by atoms with Crippen molar-refractivity contribution in [2.75, 3.05) is 6.54 Å². The van der Waals surface area contributed by atoms with E-state index in [0.29, 0.717) is 25.4 Å². The number of rotatable bonds is 4. The van der Waals surface area contributed by atoms with Crippen molar-refractivity contribution in [3.8, 4) is 0 Å². The molecule has 1 aromatic heterocycles. The fourth-order valence-electron chi connectivity index (χ4n) is 2.79. The quantitative estimate of drug-likeness (QED) is 0.865. The number of amides is 2. The average Bonchev–Trinajstić information content (AvgIpc) is 3.13. The molecule has 0 spiro atoms. The van der Waals surface area contributed by atoms with Gasteiger partial charge in [0.2, 0.25) is 11.8 Å². The third kappa shape index (κ3) is 2.69. The van der Waals surface area contributed by atoms with Gasteiger partial charge in [-0.05, 0) is 31.7 Å². The number of nitrogens with one attached hydrogen (secondary N) is 1. The lowest BCUT2D eigenvalue weighted by atomic mass is 10.1. The van der Waals surface area contributed by atoms with E-state index in [1.165, 1.54) is 0 Å². The SMILES string of the molecule is CC1CC(=O)NC(C2CC2)C(=O)N1CCn1cccn1. The van der Waals surface area contributed by atoms with Crippen LogP contribution in [0.5, 0.6) is 0 Å². The lowest BCUT2D eigenvalue weighted by molar-refractivity contribution is -0.135. The highest BCUT2D eigenvalue weighted by molar-refractivity contribution is 5.91. The molecule has 0 radical (unpaired) electrons. The van der Waals surface area contributed by atoms with Crippen molar-refractivity contribution in [3.63, 3.8) is 0 Å². The predicted molar refractivity (Wildman–Crippen MR) is 72.7 cm³/mol. The van der Waals surface area contributed by atoms with Gasteiger partial charge in [0.05, 0.1) is 6.54 Å². The summed E-state index contributed by atoms with van der Waals surface area (Å²) in [5, 5.41) is 7.04. The predicted octanol–water partition coefficient (Wildman–Crippen LogP) is 0.399. The number of aromatic nitrogens is 2. The highest BCUT2D eigenvalue weighted by Gasteiger charge is 2.42. The summed E-state index contributed by atoms with van der Waals surface area (Å²) in [6.45, 7) is 3.20. The van der Waals surface area contributed by atoms with E-state index < -0.39 is 0 Å². The van der Waals surface area contributed by atoms with Gasteiger partial charge in [0.1, 0.15) is 6.04 Å². The second-order valence-electron chi connectivity index (χ2n) is 5.74. The molecule has 1 aliphatic carbocycles. The smallest absolute Gasteiger partial charge is 0.245 e. The molecular weight excluding hydrogens is 256 g/mol. The molecule has 0 bridgehead atoms. The highest BCUT2D eigenvalue weighted by Crippen LogP contribution is 2.34. The Labute approximate surface area is 118 Å². The van der Waals surface area contributed by atoms with E-state index in [0.717, 1.165) is 12.8 Å². The minimum absolute atomic E-state index is 0.00987. The van der Waals surface area contributed by atoms with Crippen LogP contribution in [0.3, 0.4) is 0 Å². The van der Waals surface area contributed by atoms with E-state index >= 15 is 0 Å². The van der Waals surface area contributed by atoms with Crippen LogP contribution < -0.4 is 5.32 Å². The van der Waals surface area contributed by atoms with E-state index in [4.69, 9.17) is 0 Å². The summed E-state index contributed by atoms with van der Waals surface area (Å²) in [4.78, 5) is 26.3. The second-order valence-corrected chi connectivity index (χ2v) is 5.74. The monoisotopic (exact) mass is 276 g/mol. The molecule has 2 aliphatic rings. The fourth-order valence-corrected chi connectivity index (χ4v) is 2.79. The van der Waals surface area contributed by atoms with Gasteiger partial charge in [-0.2, -0.15) is 5.10 Å². The Morgan fingerprint density at radius 3 is 2.80 bits per heavy atom.